The molecular weight excluding hydrogens is 259 g/mol. The van der Waals surface area contributed by atoms with Crippen LogP contribution in [0.1, 0.15) is 24.0 Å². The molecule has 5 heteroatoms. The minimum atomic E-state index is -0.347. The number of rotatable bonds is 3. The zero-order valence-corrected chi connectivity index (χ0v) is 11.4. The number of benzene rings is 1. The van der Waals surface area contributed by atoms with Gasteiger partial charge in [-0.05, 0) is 43.1 Å². The third-order valence-electron chi connectivity index (χ3n) is 3.62. The number of carbonyl (C=O) groups excluding carboxylic acids is 1. The molecule has 0 aliphatic carbocycles. The lowest BCUT2D eigenvalue weighted by Gasteiger charge is -2.31. The summed E-state index contributed by atoms with van der Waals surface area (Å²) in [7, 11) is 1.39. The fraction of sp³-hybridized carbons (Fsp3) is 0.467. The Labute approximate surface area is 117 Å². The highest BCUT2D eigenvalue weighted by atomic mass is 19.1. The molecule has 0 spiro atoms. The van der Waals surface area contributed by atoms with Crippen LogP contribution in [0.2, 0.25) is 0 Å². The molecule has 1 aliphatic rings. The molecule has 1 aromatic rings. The van der Waals surface area contributed by atoms with Crippen LogP contribution in [-0.4, -0.2) is 31.1 Å². The van der Waals surface area contributed by atoms with E-state index in [0.717, 1.165) is 19.4 Å². The molecule has 0 bridgehead atoms. The number of methoxy groups -OCH3 is 1. The molecule has 20 heavy (non-hydrogen) atoms. The number of halogens is 1. The van der Waals surface area contributed by atoms with Gasteiger partial charge >= 0.3 is 5.97 Å². The Morgan fingerprint density at radius 1 is 1.60 bits per heavy atom. The van der Waals surface area contributed by atoms with E-state index in [1.165, 1.54) is 25.3 Å². The second kappa shape index (κ2) is 6.49. The standard InChI is InChI=1S/C15H17FN2O2/c1-20-15(19)12-3-2-6-18(9-12)10-13-7-14(16)5-4-11(13)8-17/h4-5,7,12H,2-3,6,9-10H2,1H3. The van der Waals surface area contributed by atoms with Gasteiger partial charge in [0.05, 0.1) is 24.7 Å². The molecule has 1 fully saturated rings. The molecular formula is C15H17FN2O2. The lowest BCUT2D eigenvalue weighted by Crippen LogP contribution is -2.38. The number of likely N-dealkylation sites (tertiary alicyclic amines) is 1. The quantitative estimate of drug-likeness (QED) is 0.793. The van der Waals surface area contributed by atoms with Gasteiger partial charge in [-0.2, -0.15) is 5.26 Å². The summed E-state index contributed by atoms with van der Waals surface area (Å²) < 4.78 is 18.1. The van der Waals surface area contributed by atoms with Crippen molar-refractivity contribution in [3.05, 3.63) is 35.1 Å². The van der Waals surface area contributed by atoms with Crippen LogP contribution in [0.5, 0.6) is 0 Å². The van der Waals surface area contributed by atoms with Crippen LogP contribution < -0.4 is 0 Å². The first-order chi connectivity index (χ1) is 9.63. The van der Waals surface area contributed by atoms with Gasteiger partial charge in [0.25, 0.3) is 0 Å². The Balaban J connectivity index is 2.08. The van der Waals surface area contributed by atoms with Gasteiger partial charge < -0.3 is 4.74 Å². The number of carbonyl (C=O) groups is 1. The van der Waals surface area contributed by atoms with Crippen LogP contribution >= 0.6 is 0 Å². The van der Waals surface area contributed by atoms with Crippen molar-refractivity contribution in [3.8, 4) is 6.07 Å². The average Bonchev–Trinajstić information content (AvgIpc) is 2.47. The molecule has 1 unspecified atom stereocenters. The predicted octanol–water partition coefficient (Wildman–Crippen LogP) is 2.08. The van der Waals surface area contributed by atoms with Crippen LogP contribution in [0.4, 0.5) is 4.39 Å². The molecule has 0 radical (unpaired) electrons. The normalized spacial score (nSPS) is 19.4. The van der Waals surface area contributed by atoms with Gasteiger partial charge in [0.15, 0.2) is 0 Å². The van der Waals surface area contributed by atoms with E-state index < -0.39 is 0 Å². The van der Waals surface area contributed by atoms with Gasteiger partial charge in [-0.1, -0.05) is 0 Å². The summed E-state index contributed by atoms with van der Waals surface area (Å²) in [5, 5.41) is 9.05. The zero-order valence-electron chi connectivity index (χ0n) is 11.4. The Morgan fingerprint density at radius 2 is 2.40 bits per heavy atom. The predicted molar refractivity (Wildman–Crippen MR) is 71.1 cm³/mol. The third-order valence-corrected chi connectivity index (χ3v) is 3.62. The Kier molecular flexibility index (Phi) is 4.70. The minimum absolute atomic E-state index is 0.132. The van der Waals surface area contributed by atoms with E-state index in [1.807, 2.05) is 0 Å². The van der Waals surface area contributed by atoms with Crippen LogP contribution in [0.3, 0.4) is 0 Å². The summed E-state index contributed by atoms with van der Waals surface area (Å²) in [6.45, 7) is 1.91. The van der Waals surface area contributed by atoms with Crippen molar-refractivity contribution >= 4 is 5.97 Å². The highest BCUT2D eigenvalue weighted by Gasteiger charge is 2.26. The molecule has 2 rings (SSSR count). The maximum atomic E-state index is 13.3. The molecule has 0 amide bonds. The Bertz CT molecular complexity index is 539. The molecule has 4 nitrogen and oxygen atoms in total. The lowest BCUT2D eigenvalue weighted by molar-refractivity contribution is -0.147. The van der Waals surface area contributed by atoms with Crippen molar-refractivity contribution in [2.24, 2.45) is 5.92 Å². The number of hydrogen-bond acceptors (Lipinski definition) is 4. The van der Waals surface area contributed by atoms with Crippen LogP contribution in [0.25, 0.3) is 0 Å². The van der Waals surface area contributed by atoms with Crippen molar-refractivity contribution in [2.45, 2.75) is 19.4 Å². The monoisotopic (exact) mass is 276 g/mol. The number of hydrogen-bond donors (Lipinski definition) is 0. The van der Waals surface area contributed by atoms with Gasteiger partial charge in [-0.25, -0.2) is 4.39 Å². The maximum Gasteiger partial charge on any atom is 0.309 e. The van der Waals surface area contributed by atoms with Crippen molar-refractivity contribution in [1.29, 1.82) is 5.26 Å². The van der Waals surface area contributed by atoms with Gasteiger partial charge in [0, 0.05) is 13.1 Å². The lowest BCUT2D eigenvalue weighted by atomic mass is 9.97. The van der Waals surface area contributed by atoms with E-state index in [2.05, 4.69) is 11.0 Å². The van der Waals surface area contributed by atoms with Gasteiger partial charge in [0.2, 0.25) is 0 Å². The Hall–Kier alpha value is -1.93. The number of esters is 1. The zero-order chi connectivity index (χ0) is 14.5. The smallest absolute Gasteiger partial charge is 0.309 e. The minimum Gasteiger partial charge on any atom is -0.469 e. The fourth-order valence-electron chi connectivity index (χ4n) is 2.60. The number of piperidine rings is 1. The molecule has 1 saturated heterocycles. The van der Waals surface area contributed by atoms with Crippen molar-refractivity contribution in [2.75, 3.05) is 20.2 Å². The van der Waals surface area contributed by atoms with E-state index in [4.69, 9.17) is 10.00 Å². The number of ether oxygens (including phenoxy) is 1. The molecule has 0 saturated carbocycles. The van der Waals surface area contributed by atoms with Gasteiger partial charge in [0.1, 0.15) is 5.82 Å². The first kappa shape index (κ1) is 14.5. The van der Waals surface area contributed by atoms with E-state index in [1.54, 1.807) is 0 Å². The highest BCUT2D eigenvalue weighted by Crippen LogP contribution is 2.21. The van der Waals surface area contributed by atoms with Crippen molar-refractivity contribution in [3.63, 3.8) is 0 Å². The molecule has 0 aromatic heterocycles. The summed E-state index contributed by atoms with van der Waals surface area (Å²) in [5.41, 5.74) is 1.14. The molecule has 1 aromatic carbocycles. The molecule has 1 atom stereocenters. The average molecular weight is 276 g/mol. The van der Waals surface area contributed by atoms with Crippen LogP contribution in [0, 0.1) is 23.1 Å². The second-order valence-electron chi connectivity index (χ2n) is 5.01. The summed E-state index contributed by atoms with van der Waals surface area (Å²) >= 11 is 0. The molecule has 1 heterocycles. The van der Waals surface area contributed by atoms with Crippen LogP contribution in [-0.2, 0) is 16.1 Å². The Morgan fingerprint density at radius 3 is 3.10 bits per heavy atom. The summed E-state index contributed by atoms with van der Waals surface area (Å²) in [4.78, 5) is 13.7. The van der Waals surface area contributed by atoms with Crippen molar-refractivity contribution in [1.82, 2.24) is 4.90 Å². The highest BCUT2D eigenvalue weighted by molar-refractivity contribution is 5.72. The van der Waals surface area contributed by atoms with Crippen molar-refractivity contribution < 1.29 is 13.9 Å². The number of nitrogens with zero attached hydrogens (tertiary/aromatic N) is 2. The first-order valence-corrected chi connectivity index (χ1v) is 6.62. The van der Waals surface area contributed by atoms with Gasteiger partial charge in [-0.15, -0.1) is 0 Å². The molecule has 106 valence electrons. The number of nitriles is 1. The van der Waals surface area contributed by atoms with E-state index >= 15 is 0 Å². The van der Waals surface area contributed by atoms with E-state index in [9.17, 15) is 9.18 Å². The van der Waals surface area contributed by atoms with Crippen LogP contribution in [0.15, 0.2) is 18.2 Å². The summed E-state index contributed by atoms with van der Waals surface area (Å²) in [6.07, 6.45) is 1.72. The van der Waals surface area contributed by atoms with Gasteiger partial charge in [-0.3, -0.25) is 9.69 Å². The van der Waals surface area contributed by atoms with E-state index in [0.29, 0.717) is 24.2 Å². The summed E-state index contributed by atoms with van der Waals surface area (Å²) in [5.74, 6) is -0.678. The molecule has 0 N–H and O–H groups in total. The first-order valence-electron chi connectivity index (χ1n) is 6.62. The topological polar surface area (TPSA) is 53.3 Å². The summed E-state index contributed by atoms with van der Waals surface area (Å²) in [6, 6.07) is 6.24. The van der Waals surface area contributed by atoms with E-state index in [-0.39, 0.29) is 17.7 Å². The second-order valence-corrected chi connectivity index (χ2v) is 5.01. The third kappa shape index (κ3) is 3.34. The fourth-order valence-corrected chi connectivity index (χ4v) is 2.60. The molecule has 1 aliphatic heterocycles. The largest absolute Gasteiger partial charge is 0.469 e. The maximum absolute atomic E-state index is 13.3. The SMILES string of the molecule is COC(=O)C1CCCN(Cc2cc(F)ccc2C#N)C1.